The topological polar surface area (TPSA) is 81.1 Å². The lowest BCUT2D eigenvalue weighted by atomic mass is 10.1. The number of aryl methyl sites for hydroxylation is 1. The van der Waals surface area contributed by atoms with Crippen molar-refractivity contribution in [1.29, 1.82) is 0 Å². The van der Waals surface area contributed by atoms with E-state index in [2.05, 4.69) is 5.10 Å². The standard InChI is InChI=1S/C9H14N2O2.C6H6ClN/c1-6-5-7(8(12)13)10-11(6)9(2,3)4;7-5-1-3-6(8)4-2-5/h5H,1-4H3,(H,12,13);1-4H,8H2. The largest absolute Gasteiger partial charge is 0.476 e. The van der Waals surface area contributed by atoms with Gasteiger partial charge in [0.2, 0.25) is 0 Å². The van der Waals surface area contributed by atoms with Gasteiger partial charge in [-0.2, -0.15) is 5.10 Å². The number of hydrogen-bond donors (Lipinski definition) is 2. The first-order valence-electron chi connectivity index (χ1n) is 6.42. The van der Waals surface area contributed by atoms with Gasteiger partial charge in [-0.1, -0.05) is 11.6 Å². The van der Waals surface area contributed by atoms with Crippen LogP contribution in [0.1, 0.15) is 37.0 Å². The number of nitrogens with two attached hydrogens (primary N) is 1. The lowest BCUT2D eigenvalue weighted by Gasteiger charge is -2.20. The molecule has 0 saturated carbocycles. The van der Waals surface area contributed by atoms with E-state index in [1.807, 2.05) is 27.7 Å². The summed E-state index contributed by atoms with van der Waals surface area (Å²) in [5.41, 5.74) is 6.91. The van der Waals surface area contributed by atoms with Crippen molar-refractivity contribution >= 4 is 23.3 Å². The second kappa shape index (κ2) is 6.63. The van der Waals surface area contributed by atoms with Crippen LogP contribution in [0.2, 0.25) is 5.02 Å². The summed E-state index contributed by atoms with van der Waals surface area (Å²) in [6.45, 7) is 7.81. The Labute approximate surface area is 129 Å². The molecule has 5 nitrogen and oxygen atoms in total. The first kappa shape index (κ1) is 17.0. The summed E-state index contributed by atoms with van der Waals surface area (Å²) in [6.07, 6.45) is 0. The second-order valence-corrected chi connectivity index (χ2v) is 6.05. The molecule has 0 atom stereocenters. The molecule has 2 aromatic rings. The number of nitrogen functional groups attached to an aromatic ring is 1. The minimum Gasteiger partial charge on any atom is -0.476 e. The summed E-state index contributed by atoms with van der Waals surface area (Å²) < 4.78 is 1.72. The molecule has 6 heteroatoms. The molecule has 0 spiro atoms. The summed E-state index contributed by atoms with van der Waals surface area (Å²) in [6, 6.07) is 8.63. The van der Waals surface area contributed by atoms with E-state index in [0.717, 1.165) is 16.4 Å². The van der Waals surface area contributed by atoms with Gasteiger partial charge in [-0.15, -0.1) is 0 Å². The fourth-order valence-corrected chi connectivity index (χ4v) is 1.85. The Morgan fingerprint density at radius 3 is 2.10 bits per heavy atom. The van der Waals surface area contributed by atoms with Crippen LogP contribution in [0.15, 0.2) is 30.3 Å². The van der Waals surface area contributed by atoms with Crippen molar-refractivity contribution in [3.05, 3.63) is 46.7 Å². The minimum absolute atomic E-state index is 0.104. The first-order valence-corrected chi connectivity index (χ1v) is 6.80. The van der Waals surface area contributed by atoms with Crippen molar-refractivity contribution in [2.45, 2.75) is 33.2 Å². The number of aromatic nitrogens is 2. The number of rotatable bonds is 1. The van der Waals surface area contributed by atoms with Crippen molar-refractivity contribution in [2.24, 2.45) is 0 Å². The monoisotopic (exact) mass is 309 g/mol. The highest BCUT2D eigenvalue weighted by Crippen LogP contribution is 2.16. The van der Waals surface area contributed by atoms with Gasteiger partial charge in [-0.05, 0) is 58.0 Å². The molecule has 1 aromatic carbocycles. The second-order valence-electron chi connectivity index (χ2n) is 5.61. The minimum atomic E-state index is -0.980. The Morgan fingerprint density at radius 2 is 1.81 bits per heavy atom. The van der Waals surface area contributed by atoms with Crippen LogP contribution >= 0.6 is 11.6 Å². The molecule has 0 amide bonds. The van der Waals surface area contributed by atoms with E-state index < -0.39 is 5.97 Å². The van der Waals surface area contributed by atoms with Crippen LogP contribution in [0.25, 0.3) is 0 Å². The van der Waals surface area contributed by atoms with E-state index in [-0.39, 0.29) is 11.2 Å². The number of benzene rings is 1. The van der Waals surface area contributed by atoms with Gasteiger partial charge in [0, 0.05) is 16.4 Å². The molecule has 0 saturated heterocycles. The van der Waals surface area contributed by atoms with Crippen molar-refractivity contribution in [1.82, 2.24) is 9.78 Å². The van der Waals surface area contributed by atoms with Crippen LogP contribution in [0.3, 0.4) is 0 Å². The van der Waals surface area contributed by atoms with Gasteiger partial charge >= 0.3 is 5.97 Å². The maximum atomic E-state index is 10.6. The summed E-state index contributed by atoms with van der Waals surface area (Å²) in [4.78, 5) is 10.6. The molecule has 0 bridgehead atoms. The molecular formula is C15H20ClN3O2. The van der Waals surface area contributed by atoms with Gasteiger partial charge in [-0.3, -0.25) is 4.68 Å². The third-order valence-electron chi connectivity index (χ3n) is 2.61. The van der Waals surface area contributed by atoms with Crippen LogP contribution in [-0.4, -0.2) is 20.9 Å². The third kappa shape index (κ3) is 5.11. The van der Waals surface area contributed by atoms with E-state index in [1.165, 1.54) is 0 Å². The van der Waals surface area contributed by atoms with E-state index in [0.29, 0.717) is 0 Å². The zero-order valence-electron chi connectivity index (χ0n) is 12.6. The number of halogens is 1. The maximum Gasteiger partial charge on any atom is 0.356 e. The van der Waals surface area contributed by atoms with Crippen LogP contribution in [0.5, 0.6) is 0 Å². The maximum absolute atomic E-state index is 10.6. The molecule has 0 fully saturated rings. The SMILES string of the molecule is Cc1cc(C(=O)O)nn1C(C)(C)C.Nc1ccc(Cl)cc1. The molecular weight excluding hydrogens is 290 g/mol. The number of carbonyl (C=O) groups is 1. The zero-order valence-corrected chi connectivity index (χ0v) is 13.3. The fraction of sp³-hybridized carbons (Fsp3) is 0.333. The average molecular weight is 310 g/mol. The smallest absolute Gasteiger partial charge is 0.356 e. The van der Waals surface area contributed by atoms with Gasteiger partial charge in [0.05, 0.1) is 5.54 Å². The van der Waals surface area contributed by atoms with Crippen molar-refractivity contribution in [3.8, 4) is 0 Å². The Balaban J connectivity index is 0.000000235. The molecule has 0 radical (unpaired) electrons. The van der Waals surface area contributed by atoms with Crippen molar-refractivity contribution < 1.29 is 9.90 Å². The Hall–Kier alpha value is -2.01. The molecule has 1 heterocycles. The van der Waals surface area contributed by atoms with Crippen LogP contribution in [-0.2, 0) is 5.54 Å². The number of hydrogen-bond acceptors (Lipinski definition) is 3. The molecule has 1 aromatic heterocycles. The molecule has 3 N–H and O–H groups in total. The molecule has 0 aliphatic heterocycles. The number of anilines is 1. The van der Waals surface area contributed by atoms with E-state index in [9.17, 15) is 4.79 Å². The van der Waals surface area contributed by atoms with Gasteiger partial charge in [-0.25, -0.2) is 4.79 Å². The highest BCUT2D eigenvalue weighted by atomic mass is 35.5. The Morgan fingerprint density at radius 1 is 1.29 bits per heavy atom. The number of nitrogens with zero attached hydrogens (tertiary/aromatic N) is 2. The molecule has 0 aliphatic rings. The van der Waals surface area contributed by atoms with Crippen molar-refractivity contribution in [2.75, 3.05) is 5.73 Å². The summed E-state index contributed by atoms with van der Waals surface area (Å²) in [5, 5.41) is 13.4. The lowest BCUT2D eigenvalue weighted by molar-refractivity contribution is 0.0688. The molecule has 2 rings (SSSR count). The predicted molar refractivity (Wildman–Crippen MR) is 84.8 cm³/mol. The molecule has 21 heavy (non-hydrogen) atoms. The normalized spacial score (nSPS) is 10.7. The summed E-state index contributed by atoms with van der Waals surface area (Å²) >= 11 is 5.56. The average Bonchev–Trinajstić information content (AvgIpc) is 2.76. The quantitative estimate of drug-likeness (QED) is 0.789. The van der Waals surface area contributed by atoms with Gasteiger partial charge in [0.15, 0.2) is 5.69 Å². The Kier molecular flexibility index (Phi) is 5.38. The fourth-order valence-electron chi connectivity index (χ4n) is 1.72. The first-order chi connectivity index (χ1) is 9.61. The van der Waals surface area contributed by atoms with Crippen molar-refractivity contribution in [3.63, 3.8) is 0 Å². The Bertz CT molecular complexity index is 592. The van der Waals surface area contributed by atoms with Gasteiger partial charge < -0.3 is 10.8 Å². The van der Waals surface area contributed by atoms with Crippen LogP contribution in [0.4, 0.5) is 5.69 Å². The highest BCUT2D eigenvalue weighted by Gasteiger charge is 2.19. The highest BCUT2D eigenvalue weighted by molar-refractivity contribution is 6.30. The lowest BCUT2D eigenvalue weighted by Crippen LogP contribution is -2.24. The van der Waals surface area contributed by atoms with Crippen LogP contribution < -0.4 is 5.73 Å². The zero-order chi connectivity index (χ0) is 16.2. The molecule has 0 aliphatic carbocycles. The summed E-state index contributed by atoms with van der Waals surface area (Å²) in [7, 11) is 0. The third-order valence-corrected chi connectivity index (χ3v) is 2.86. The van der Waals surface area contributed by atoms with Crippen LogP contribution in [0, 0.1) is 6.92 Å². The molecule has 0 unspecified atom stereocenters. The van der Waals surface area contributed by atoms with E-state index >= 15 is 0 Å². The van der Waals surface area contributed by atoms with Gasteiger partial charge in [0.1, 0.15) is 0 Å². The van der Waals surface area contributed by atoms with Gasteiger partial charge in [0.25, 0.3) is 0 Å². The molecule has 114 valence electrons. The number of aromatic carboxylic acids is 1. The van der Waals surface area contributed by atoms with E-state index in [1.54, 1.807) is 35.0 Å². The van der Waals surface area contributed by atoms with E-state index in [4.69, 9.17) is 22.4 Å². The summed E-state index contributed by atoms with van der Waals surface area (Å²) in [5.74, 6) is -0.980. The predicted octanol–water partition coefficient (Wildman–Crippen LogP) is 3.57. The number of carboxylic acids is 1. The number of carboxylic acid groups (broad SMARTS) is 1.